The molecule has 0 spiro atoms. The van der Waals surface area contributed by atoms with Crippen molar-refractivity contribution in [2.24, 2.45) is 11.7 Å². The van der Waals surface area contributed by atoms with Gasteiger partial charge in [0.15, 0.2) is 0 Å². The van der Waals surface area contributed by atoms with Crippen LogP contribution < -0.4 is 5.73 Å². The molecule has 5 nitrogen and oxygen atoms in total. The Kier molecular flexibility index (Phi) is 6.40. The molecule has 120 valence electrons. The van der Waals surface area contributed by atoms with Gasteiger partial charge in [0, 0.05) is 6.08 Å². The topological polar surface area (TPSA) is 78.6 Å². The molecule has 21 heavy (non-hydrogen) atoms. The highest BCUT2D eigenvalue weighted by molar-refractivity contribution is 5.82. The Bertz CT molecular complexity index is 399. The zero-order valence-electron chi connectivity index (χ0n) is 13.5. The van der Waals surface area contributed by atoms with Crippen molar-refractivity contribution >= 4 is 11.9 Å². The van der Waals surface area contributed by atoms with E-state index in [-0.39, 0.29) is 17.9 Å². The Hall–Kier alpha value is -1.36. The summed E-state index contributed by atoms with van der Waals surface area (Å²) < 4.78 is 10.2. The van der Waals surface area contributed by atoms with Gasteiger partial charge in [-0.2, -0.15) is 0 Å². The smallest absolute Gasteiger partial charge is 0.330 e. The van der Waals surface area contributed by atoms with Crippen LogP contribution in [0.3, 0.4) is 0 Å². The molecule has 0 aromatic heterocycles. The molecular weight excluding hydrogens is 270 g/mol. The van der Waals surface area contributed by atoms with Crippen LogP contribution in [-0.2, 0) is 19.1 Å². The summed E-state index contributed by atoms with van der Waals surface area (Å²) in [7, 11) is 0. The van der Waals surface area contributed by atoms with Crippen LogP contribution in [0.25, 0.3) is 0 Å². The van der Waals surface area contributed by atoms with Crippen molar-refractivity contribution in [1.82, 2.24) is 0 Å². The van der Waals surface area contributed by atoms with E-state index in [4.69, 9.17) is 15.2 Å². The third-order valence-electron chi connectivity index (χ3n) is 3.47. The maximum atomic E-state index is 12.0. The van der Waals surface area contributed by atoms with E-state index in [0.717, 1.165) is 31.3 Å². The van der Waals surface area contributed by atoms with E-state index in [0.29, 0.717) is 6.61 Å². The monoisotopic (exact) mass is 297 g/mol. The van der Waals surface area contributed by atoms with Gasteiger partial charge in [0.1, 0.15) is 11.6 Å². The van der Waals surface area contributed by atoms with Gasteiger partial charge >= 0.3 is 11.9 Å². The van der Waals surface area contributed by atoms with E-state index >= 15 is 0 Å². The molecule has 0 aromatic rings. The number of esters is 2. The van der Waals surface area contributed by atoms with Gasteiger partial charge in [-0.1, -0.05) is 5.57 Å². The number of rotatable bonds is 4. The molecule has 1 fully saturated rings. The maximum Gasteiger partial charge on any atom is 0.330 e. The minimum Gasteiger partial charge on any atom is -0.463 e. The van der Waals surface area contributed by atoms with Gasteiger partial charge in [-0.05, 0) is 59.3 Å². The summed E-state index contributed by atoms with van der Waals surface area (Å²) in [5.74, 6) is -0.521. The Morgan fingerprint density at radius 3 is 2.38 bits per heavy atom. The van der Waals surface area contributed by atoms with Gasteiger partial charge in [0.25, 0.3) is 0 Å². The number of carbonyl (C=O) groups excluding carboxylic acids is 2. The number of hydrogen-bond acceptors (Lipinski definition) is 5. The van der Waals surface area contributed by atoms with Crippen molar-refractivity contribution in [2.45, 2.75) is 65.0 Å². The van der Waals surface area contributed by atoms with E-state index in [1.807, 2.05) is 20.8 Å². The van der Waals surface area contributed by atoms with Gasteiger partial charge in [-0.25, -0.2) is 4.79 Å². The molecule has 1 aliphatic rings. The first-order valence-corrected chi connectivity index (χ1v) is 7.57. The van der Waals surface area contributed by atoms with Gasteiger partial charge in [-0.15, -0.1) is 0 Å². The Morgan fingerprint density at radius 1 is 1.33 bits per heavy atom. The highest BCUT2D eigenvalue weighted by Crippen LogP contribution is 2.30. The molecule has 5 heteroatoms. The summed E-state index contributed by atoms with van der Waals surface area (Å²) in [5.41, 5.74) is 6.56. The second-order valence-corrected chi connectivity index (χ2v) is 6.45. The molecule has 1 unspecified atom stereocenters. The van der Waals surface area contributed by atoms with Crippen molar-refractivity contribution in [2.75, 3.05) is 6.61 Å². The zero-order chi connectivity index (χ0) is 16.0. The normalized spacial score (nSPS) is 20.6. The lowest BCUT2D eigenvalue weighted by Gasteiger charge is -2.30. The van der Waals surface area contributed by atoms with Crippen LogP contribution in [0.15, 0.2) is 11.6 Å². The quantitative estimate of drug-likeness (QED) is 0.636. The first kappa shape index (κ1) is 17.7. The van der Waals surface area contributed by atoms with Gasteiger partial charge in [-0.3, -0.25) is 4.79 Å². The minimum atomic E-state index is -0.589. The first-order valence-electron chi connectivity index (χ1n) is 7.57. The zero-order valence-corrected chi connectivity index (χ0v) is 13.5. The number of hydrogen-bond donors (Lipinski definition) is 1. The number of ether oxygens (including phenoxy) is 2. The number of carbonyl (C=O) groups is 2. The molecule has 0 heterocycles. The Morgan fingerprint density at radius 2 is 1.90 bits per heavy atom. The van der Waals surface area contributed by atoms with Crippen LogP contribution in [0.1, 0.15) is 53.4 Å². The largest absolute Gasteiger partial charge is 0.463 e. The highest BCUT2D eigenvalue weighted by Gasteiger charge is 2.31. The molecule has 1 saturated carbocycles. The van der Waals surface area contributed by atoms with Crippen molar-refractivity contribution in [1.29, 1.82) is 0 Å². The molecule has 0 bridgehead atoms. The molecule has 1 rings (SSSR count). The fraction of sp³-hybridized carbons (Fsp3) is 0.750. The van der Waals surface area contributed by atoms with Crippen LogP contribution >= 0.6 is 0 Å². The van der Waals surface area contributed by atoms with E-state index in [9.17, 15) is 9.59 Å². The average molecular weight is 297 g/mol. The Balaban J connectivity index is 2.49. The highest BCUT2D eigenvalue weighted by atomic mass is 16.6. The van der Waals surface area contributed by atoms with Gasteiger partial charge < -0.3 is 15.2 Å². The van der Waals surface area contributed by atoms with Crippen LogP contribution in [0.2, 0.25) is 0 Å². The summed E-state index contributed by atoms with van der Waals surface area (Å²) in [5, 5.41) is 0. The van der Waals surface area contributed by atoms with Crippen LogP contribution in [0, 0.1) is 5.92 Å². The molecule has 0 radical (unpaired) electrons. The number of allylic oxidation sites excluding steroid dienone is 1. The molecule has 0 amide bonds. The first-order chi connectivity index (χ1) is 9.73. The third-order valence-corrected chi connectivity index (χ3v) is 3.47. The second-order valence-electron chi connectivity index (χ2n) is 6.45. The average Bonchev–Trinajstić information content (AvgIpc) is 2.37. The van der Waals surface area contributed by atoms with E-state index in [1.54, 1.807) is 13.0 Å². The molecular formula is C16H27NO4. The summed E-state index contributed by atoms with van der Waals surface area (Å²) in [4.78, 5) is 23.4. The third kappa shape index (κ3) is 6.29. The minimum absolute atomic E-state index is 0.110. The predicted molar refractivity (Wildman–Crippen MR) is 80.5 cm³/mol. The fourth-order valence-electron chi connectivity index (χ4n) is 2.43. The predicted octanol–water partition coefficient (Wildman–Crippen LogP) is 2.34. The van der Waals surface area contributed by atoms with Gasteiger partial charge in [0.05, 0.1) is 6.61 Å². The summed E-state index contributed by atoms with van der Waals surface area (Å²) in [6.45, 7) is 7.66. The molecule has 2 N–H and O–H groups in total. The summed E-state index contributed by atoms with van der Waals surface area (Å²) in [6.07, 6.45) is 4.72. The molecule has 0 aromatic carbocycles. The lowest BCUT2D eigenvalue weighted by atomic mass is 9.81. The summed E-state index contributed by atoms with van der Waals surface area (Å²) >= 11 is 0. The van der Waals surface area contributed by atoms with Crippen molar-refractivity contribution < 1.29 is 19.1 Å². The molecule has 1 atom stereocenters. The van der Waals surface area contributed by atoms with Crippen LogP contribution in [0.4, 0.5) is 0 Å². The van der Waals surface area contributed by atoms with E-state index in [1.165, 1.54) is 0 Å². The molecule has 0 aliphatic heterocycles. The van der Waals surface area contributed by atoms with Gasteiger partial charge in [0.2, 0.25) is 0 Å². The van der Waals surface area contributed by atoms with Crippen molar-refractivity contribution in [3.05, 3.63) is 11.6 Å². The van der Waals surface area contributed by atoms with Crippen molar-refractivity contribution in [3.8, 4) is 0 Å². The fourth-order valence-corrected chi connectivity index (χ4v) is 2.43. The van der Waals surface area contributed by atoms with Crippen molar-refractivity contribution in [3.63, 3.8) is 0 Å². The Labute approximate surface area is 126 Å². The van der Waals surface area contributed by atoms with Crippen LogP contribution in [0.5, 0.6) is 0 Å². The van der Waals surface area contributed by atoms with E-state index in [2.05, 4.69) is 0 Å². The van der Waals surface area contributed by atoms with E-state index < -0.39 is 11.6 Å². The maximum absolute atomic E-state index is 12.0. The molecule has 1 aliphatic carbocycles. The second kappa shape index (κ2) is 7.59. The standard InChI is InChI=1S/C16H27NO4/c1-5-20-13(18)10-11-6-8-12(9-7-11)14(17)15(19)21-16(2,3)4/h10,12,14H,5-9,17H2,1-4H3. The number of nitrogens with two attached hydrogens (primary N) is 1. The summed E-state index contributed by atoms with van der Waals surface area (Å²) in [6, 6.07) is -0.589. The lowest BCUT2D eigenvalue weighted by Crippen LogP contribution is -2.43. The molecule has 0 saturated heterocycles. The van der Waals surface area contributed by atoms with Crippen LogP contribution in [-0.4, -0.2) is 30.2 Å². The lowest BCUT2D eigenvalue weighted by molar-refractivity contribution is -0.158. The SMILES string of the molecule is CCOC(=O)C=C1CCC(C(N)C(=O)OC(C)(C)C)CC1.